The monoisotopic (exact) mass is 206 g/mol. The van der Waals surface area contributed by atoms with Gasteiger partial charge >= 0.3 is 5.97 Å². The van der Waals surface area contributed by atoms with Gasteiger partial charge in [0.2, 0.25) is 0 Å². The Balaban J connectivity index is 2.98. The van der Waals surface area contributed by atoms with Crippen LogP contribution in [0.4, 0.5) is 0 Å². The van der Waals surface area contributed by atoms with Crippen LogP contribution >= 0.6 is 23.2 Å². The maximum absolute atomic E-state index is 10.7. The predicted molar refractivity (Wildman–Crippen MR) is 48.5 cm³/mol. The van der Waals surface area contributed by atoms with Crippen molar-refractivity contribution < 1.29 is 9.90 Å². The van der Waals surface area contributed by atoms with E-state index in [4.69, 9.17) is 28.3 Å². The maximum Gasteiger partial charge on any atom is 0.312 e. The molecule has 0 aliphatic heterocycles. The first-order valence-electron chi connectivity index (χ1n) is 3.42. The van der Waals surface area contributed by atoms with Gasteiger partial charge < -0.3 is 5.11 Å². The summed E-state index contributed by atoms with van der Waals surface area (Å²) >= 11 is 11.6. The van der Waals surface area contributed by atoms with Crippen molar-refractivity contribution in [3.8, 4) is 0 Å². The first-order chi connectivity index (χ1) is 5.43. The fourth-order valence-corrected chi connectivity index (χ4v) is 1.44. The van der Waals surface area contributed by atoms with Crippen molar-refractivity contribution in [2.75, 3.05) is 0 Å². The summed E-state index contributed by atoms with van der Waals surface area (Å²) in [5.41, 5.74) is 0. The fraction of sp³-hybridized carbons (Fsp3) is 0.375. The van der Waals surface area contributed by atoms with Crippen molar-refractivity contribution in [2.24, 2.45) is 5.92 Å². The summed E-state index contributed by atoms with van der Waals surface area (Å²) in [6.45, 7) is 1.64. The van der Waals surface area contributed by atoms with Gasteiger partial charge in [0.15, 0.2) is 0 Å². The van der Waals surface area contributed by atoms with Crippen LogP contribution in [-0.2, 0) is 4.79 Å². The third kappa shape index (κ3) is 1.82. The molecule has 2 nitrogen and oxygen atoms in total. The molecule has 4 heteroatoms. The zero-order valence-electron chi connectivity index (χ0n) is 6.42. The van der Waals surface area contributed by atoms with Crippen LogP contribution in [0.15, 0.2) is 23.3 Å². The van der Waals surface area contributed by atoms with Crippen LogP contribution in [0.3, 0.4) is 0 Å². The molecule has 0 aromatic heterocycles. The zero-order valence-corrected chi connectivity index (χ0v) is 7.93. The molecule has 66 valence electrons. The number of carboxylic acids is 1. The SMILES string of the molecule is CC1(Cl)C=CC(Cl)=CC1C(=O)O. The Kier molecular flexibility index (Phi) is 2.49. The van der Waals surface area contributed by atoms with Crippen molar-refractivity contribution >= 4 is 29.2 Å². The number of halogens is 2. The molecule has 0 aromatic rings. The predicted octanol–water partition coefficient (Wildman–Crippen LogP) is 2.38. The van der Waals surface area contributed by atoms with E-state index in [2.05, 4.69) is 0 Å². The Bertz CT molecular complexity index is 266. The molecule has 0 amide bonds. The van der Waals surface area contributed by atoms with E-state index in [1.165, 1.54) is 6.08 Å². The van der Waals surface area contributed by atoms with Crippen LogP contribution in [0.1, 0.15) is 6.92 Å². The minimum Gasteiger partial charge on any atom is -0.481 e. The van der Waals surface area contributed by atoms with Crippen molar-refractivity contribution in [1.29, 1.82) is 0 Å². The van der Waals surface area contributed by atoms with Crippen molar-refractivity contribution in [3.05, 3.63) is 23.3 Å². The largest absolute Gasteiger partial charge is 0.481 e. The average Bonchev–Trinajstić information content (AvgIpc) is 1.94. The lowest BCUT2D eigenvalue weighted by atomic mass is 9.89. The van der Waals surface area contributed by atoms with Gasteiger partial charge in [-0.3, -0.25) is 4.79 Å². The topological polar surface area (TPSA) is 37.3 Å². The van der Waals surface area contributed by atoms with Crippen molar-refractivity contribution in [1.82, 2.24) is 0 Å². The summed E-state index contributed by atoms with van der Waals surface area (Å²) in [6, 6.07) is 0. The van der Waals surface area contributed by atoms with Crippen LogP contribution in [0.5, 0.6) is 0 Å². The van der Waals surface area contributed by atoms with Gasteiger partial charge in [-0.25, -0.2) is 0 Å². The lowest BCUT2D eigenvalue weighted by Gasteiger charge is -2.26. The number of aliphatic carboxylic acids is 1. The van der Waals surface area contributed by atoms with Gasteiger partial charge in [0.05, 0.1) is 10.8 Å². The van der Waals surface area contributed by atoms with E-state index in [0.717, 1.165) is 0 Å². The number of carboxylic acid groups (broad SMARTS) is 1. The van der Waals surface area contributed by atoms with Crippen LogP contribution in [0, 0.1) is 5.92 Å². The Morgan fingerprint density at radius 1 is 1.75 bits per heavy atom. The molecule has 1 aliphatic rings. The molecule has 0 saturated carbocycles. The van der Waals surface area contributed by atoms with E-state index in [1.54, 1.807) is 19.1 Å². The summed E-state index contributed by atoms with van der Waals surface area (Å²) in [6.07, 6.45) is 4.64. The van der Waals surface area contributed by atoms with Crippen LogP contribution in [0.2, 0.25) is 0 Å². The third-order valence-electron chi connectivity index (χ3n) is 1.77. The van der Waals surface area contributed by atoms with Crippen LogP contribution in [0.25, 0.3) is 0 Å². The number of alkyl halides is 1. The molecule has 0 aromatic carbocycles. The molecule has 0 heterocycles. The number of hydrogen-bond acceptors (Lipinski definition) is 1. The van der Waals surface area contributed by atoms with Crippen molar-refractivity contribution in [2.45, 2.75) is 11.8 Å². The van der Waals surface area contributed by atoms with Crippen LogP contribution < -0.4 is 0 Å². The van der Waals surface area contributed by atoms with Gasteiger partial charge in [0, 0.05) is 5.03 Å². The smallest absolute Gasteiger partial charge is 0.312 e. The Hall–Kier alpha value is -0.470. The molecule has 0 radical (unpaired) electrons. The maximum atomic E-state index is 10.7. The van der Waals surface area contributed by atoms with Gasteiger partial charge in [-0.1, -0.05) is 17.7 Å². The summed E-state index contributed by atoms with van der Waals surface area (Å²) in [7, 11) is 0. The second-order valence-corrected chi connectivity index (χ2v) is 4.10. The molecular formula is C8H8Cl2O2. The normalized spacial score (nSPS) is 34.6. The van der Waals surface area contributed by atoms with Gasteiger partial charge in [0.25, 0.3) is 0 Å². The van der Waals surface area contributed by atoms with Gasteiger partial charge in [-0.2, -0.15) is 0 Å². The number of hydrogen-bond donors (Lipinski definition) is 1. The van der Waals surface area contributed by atoms with E-state index in [9.17, 15) is 4.79 Å². The lowest BCUT2D eigenvalue weighted by Crippen LogP contribution is -2.33. The molecule has 0 fully saturated rings. The molecular weight excluding hydrogens is 199 g/mol. The molecule has 2 unspecified atom stereocenters. The standard InChI is InChI=1S/C8H8Cl2O2/c1-8(10)3-2-5(9)4-6(8)7(11)12/h2-4,6H,1H3,(H,11,12). The first kappa shape index (κ1) is 9.62. The fourth-order valence-electron chi connectivity index (χ4n) is 1.04. The Labute approximate surface area is 80.5 Å². The van der Waals surface area contributed by atoms with Gasteiger partial charge in [-0.05, 0) is 19.1 Å². The second kappa shape index (κ2) is 3.11. The molecule has 12 heavy (non-hydrogen) atoms. The highest BCUT2D eigenvalue weighted by atomic mass is 35.5. The molecule has 0 saturated heterocycles. The molecule has 1 N–H and O–H groups in total. The number of allylic oxidation sites excluding steroid dienone is 3. The zero-order chi connectivity index (χ0) is 9.35. The Morgan fingerprint density at radius 3 is 2.75 bits per heavy atom. The minimum absolute atomic E-state index is 0.417. The number of carbonyl (C=O) groups is 1. The van der Waals surface area contributed by atoms with E-state index >= 15 is 0 Å². The van der Waals surface area contributed by atoms with Gasteiger partial charge in [-0.15, -0.1) is 11.6 Å². The third-order valence-corrected chi connectivity index (χ3v) is 2.38. The molecule has 0 bridgehead atoms. The van der Waals surface area contributed by atoms with Crippen molar-refractivity contribution in [3.63, 3.8) is 0 Å². The molecule has 1 aliphatic carbocycles. The first-order valence-corrected chi connectivity index (χ1v) is 4.17. The molecule has 1 rings (SSSR count). The average molecular weight is 207 g/mol. The second-order valence-electron chi connectivity index (χ2n) is 2.85. The molecule has 2 atom stereocenters. The van der Waals surface area contributed by atoms with Crippen LogP contribution in [-0.4, -0.2) is 16.0 Å². The minimum atomic E-state index is -0.963. The number of rotatable bonds is 1. The van der Waals surface area contributed by atoms with Gasteiger partial charge in [0.1, 0.15) is 0 Å². The summed E-state index contributed by atoms with van der Waals surface area (Å²) in [4.78, 5) is 9.82. The highest BCUT2D eigenvalue weighted by Gasteiger charge is 2.35. The highest BCUT2D eigenvalue weighted by Crippen LogP contribution is 2.33. The highest BCUT2D eigenvalue weighted by molar-refractivity contribution is 6.32. The van der Waals surface area contributed by atoms with E-state index in [-0.39, 0.29) is 0 Å². The van der Waals surface area contributed by atoms with E-state index in [0.29, 0.717) is 5.03 Å². The quantitative estimate of drug-likeness (QED) is 0.670. The summed E-state index contributed by atoms with van der Waals surface area (Å²) < 4.78 is 0. The Morgan fingerprint density at radius 2 is 2.33 bits per heavy atom. The lowest BCUT2D eigenvalue weighted by molar-refractivity contribution is -0.140. The van der Waals surface area contributed by atoms with E-state index in [1.807, 2.05) is 0 Å². The summed E-state index contributed by atoms with van der Waals surface area (Å²) in [5, 5.41) is 9.19. The molecule has 0 spiro atoms. The summed E-state index contributed by atoms with van der Waals surface area (Å²) in [5.74, 6) is -1.72. The van der Waals surface area contributed by atoms with E-state index < -0.39 is 16.8 Å².